The predicted octanol–water partition coefficient (Wildman–Crippen LogP) is 2.45. The molecule has 1 aromatic carbocycles. The summed E-state index contributed by atoms with van der Waals surface area (Å²) in [5, 5.41) is 0. The second-order valence-corrected chi connectivity index (χ2v) is 5.38. The van der Waals surface area contributed by atoms with Crippen molar-refractivity contribution in [3.63, 3.8) is 0 Å². The zero-order chi connectivity index (χ0) is 14.1. The number of primary amides is 1. The summed E-state index contributed by atoms with van der Waals surface area (Å²) in [6, 6.07) is 11.7. The van der Waals surface area contributed by atoms with Gasteiger partial charge in [-0.15, -0.1) is 0 Å². The van der Waals surface area contributed by atoms with E-state index in [0.29, 0.717) is 0 Å². The number of piperidine rings is 1. The lowest BCUT2D eigenvalue weighted by atomic mass is 9.87. The minimum absolute atomic E-state index is 0.250. The number of hydrogen-bond acceptors (Lipinski definition) is 2. The van der Waals surface area contributed by atoms with E-state index in [9.17, 15) is 0 Å². The Kier molecular flexibility index (Phi) is 7.19. The Morgan fingerprint density at radius 3 is 2.58 bits per heavy atom. The Hall–Kier alpha value is -1.35. The molecule has 106 valence electrons. The number of likely N-dealkylation sites (tertiary alicyclic amines) is 1. The minimum atomic E-state index is 0.250. The third-order valence-corrected chi connectivity index (χ3v) is 4.00. The van der Waals surface area contributed by atoms with Gasteiger partial charge in [-0.2, -0.15) is 0 Å². The van der Waals surface area contributed by atoms with Gasteiger partial charge in [0.15, 0.2) is 0 Å². The molecule has 2 rings (SSSR count). The van der Waals surface area contributed by atoms with E-state index in [0.717, 1.165) is 12.0 Å². The zero-order valence-electron chi connectivity index (χ0n) is 12.1. The van der Waals surface area contributed by atoms with Crippen LogP contribution in [0.1, 0.15) is 31.7 Å². The molecule has 0 spiro atoms. The molecule has 1 saturated heterocycles. The maximum Gasteiger partial charge on any atom is 0.204 e. The number of carbonyl (C=O) groups is 1. The molecule has 3 heteroatoms. The van der Waals surface area contributed by atoms with Gasteiger partial charge in [0.1, 0.15) is 0 Å². The van der Waals surface area contributed by atoms with Gasteiger partial charge in [-0.25, -0.2) is 0 Å². The van der Waals surface area contributed by atoms with Crippen LogP contribution in [0.5, 0.6) is 0 Å². The van der Waals surface area contributed by atoms with Crippen molar-refractivity contribution in [3.05, 3.63) is 35.9 Å². The molecule has 0 radical (unpaired) electrons. The molecule has 1 heterocycles. The van der Waals surface area contributed by atoms with Gasteiger partial charge in [0, 0.05) is 6.04 Å². The van der Waals surface area contributed by atoms with Crippen molar-refractivity contribution >= 4 is 6.41 Å². The number of aryl methyl sites for hydroxylation is 1. The lowest BCUT2D eigenvalue weighted by molar-refractivity contribution is -0.106. The van der Waals surface area contributed by atoms with Crippen LogP contribution in [0.3, 0.4) is 0 Å². The van der Waals surface area contributed by atoms with E-state index in [1.165, 1.54) is 37.8 Å². The number of hydrogen-bond donors (Lipinski definition) is 1. The fraction of sp³-hybridized carbons (Fsp3) is 0.562. The summed E-state index contributed by atoms with van der Waals surface area (Å²) in [4.78, 5) is 11.1. The SMILES string of the molecule is CC1CC(CCc2ccccc2)CCN1C.NC=O. The molecule has 3 nitrogen and oxygen atoms in total. The van der Waals surface area contributed by atoms with Gasteiger partial charge in [-0.3, -0.25) is 4.79 Å². The third kappa shape index (κ3) is 5.88. The van der Waals surface area contributed by atoms with E-state index >= 15 is 0 Å². The van der Waals surface area contributed by atoms with Crippen molar-refractivity contribution < 1.29 is 4.79 Å². The fourth-order valence-electron chi connectivity index (χ4n) is 2.66. The summed E-state index contributed by atoms with van der Waals surface area (Å²) >= 11 is 0. The van der Waals surface area contributed by atoms with Crippen LogP contribution in [0.25, 0.3) is 0 Å². The molecule has 1 aliphatic heterocycles. The summed E-state index contributed by atoms with van der Waals surface area (Å²) < 4.78 is 0. The average Bonchev–Trinajstić information content (AvgIpc) is 2.42. The van der Waals surface area contributed by atoms with Crippen molar-refractivity contribution in [1.29, 1.82) is 0 Å². The van der Waals surface area contributed by atoms with Crippen LogP contribution in [-0.4, -0.2) is 30.9 Å². The molecule has 2 unspecified atom stereocenters. The number of nitrogens with two attached hydrogens (primary N) is 1. The van der Waals surface area contributed by atoms with Crippen molar-refractivity contribution in [2.24, 2.45) is 11.7 Å². The molecule has 1 aromatic rings. The molecule has 1 amide bonds. The summed E-state index contributed by atoms with van der Waals surface area (Å²) in [6.07, 6.45) is 5.63. The second kappa shape index (κ2) is 8.70. The van der Waals surface area contributed by atoms with Crippen molar-refractivity contribution in [3.8, 4) is 0 Å². The van der Waals surface area contributed by atoms with Crippen LogP contribution in [0, 0.1) is 5.92 Å². The highest BCUT2D eigenvalue weighted by molar-refractivity contribution is 5.42. The van der Waals surface area contributed by atoms with Crippen LogP contribution in [0.2, 0.25) is 0 Å². The van der Waals surface area contributed by atoms with Crippen molar-refractivity contribution in [2.45, 2.75) is 38.6 Å². The van der Waals surface area contributed by atoms with Gasteiger partial charge in [-0.1, -0.05) is 30.3 Å². The highest BCUT2D eigenvalue weighted by Gasteiger charge is 2.22. The van der Waals surface area contributed by atoms with E-state index in [1.54, 1.807) is 0 Å². The second-order valence-electron chi connectivity index (χ2n) is 5.38. The first-order chi connectivity index (χ1) is 9.17. The lowest BCUT2D eigenvalue weighted by Gasteiger charge is -2.35. The number of rotatable bonds is 3. The van der Waals surface area contributed by atoms with Gasteiger partial charge in [0.2, 0.25) is 6.41 Å². The first-order valence-electron chi connectivity index (χ1n) is 7.07. The van der Waals surface area contributed by atoms with Crippen LogP contribution >= 0.6 is 0 Å². The topological polar surface area (TPSA) is 46.3 Å². The number of amides is 1. The Labute approximate surface area is 116 Å². The van der Waals surface area contributed by atoms with Crippen molar-refractivity contribution in [1.82, 2.24) is 4.90 Å². The fourth-order valence-corrected chi connectivity index (χ4v) is 2.66. The number of nitrogens with zero attached hydrogens (tertiary/aromatic N) is 1. The molecular formula is C16H26N2O. The first kappa shape index (κ1) is 15.7. The normalized spacial score (nSPS) is 23.3. The van der Waals surface area contributed by atoms with E-state index in [1.807, 2.05) is 0 Å². The third-order valence-electron chi connectivity index (χ3n) is 4.00. The lowest BCUT2D eigenvalue weighted by Crippen LogP contribution is -2.37. The quantitative estimate of drug-likeness (QED) is 0.851. The number of benzene rings is 1. The van der Waals surface area contributed by atoms with Crippen LogP contribution < -0.4 is 5.73 Å². The zero-order valence-corrected chi connectivity index (χ0v) is 12.1. The standard InChI is InChI=1S/C15H23N.CH3NO/c1-13-12-15(10-11-16(13)2)9-8-14-6-4-3-5-7-14;2-1-3/h3-7,13,15H,8-12H2,1-2H3;1H,(H2,2,3). The van der Waals surface area contributed by atoms with Gasteiger partial charge in [0.25, 0.3) is 0 Å². The summed E-state index contributed by atoms with van der Waals surface area (Å²) in [5.74, 6) is 0.936. The first-order valence-corrected chi connectivity index (χ1v) is 7.07. The molecule has 0 aliphatic carbocycles. The Morgan fingerprint density at radius 2 is 2.00 bits per heavy atom. The molecule has 0 aromatic heterocycles. The summed E-state index contributed by atoms with van der Waals surface area (Å²) in [6.45, 7) is 3.63. The molecule has 0 bridgehead atoms. The van der Waals surface area contributed by atoms with Gasteiger partial charge in [0.05, 0.1) is 0 Å². The molecule has 19 heavy (non-hydrogen) atoms. The Balaban J connectivity index is 0.000000550. The molecule has 2 atom stereocenters. The maximum atomic E-state index is 8.58. The van der Waals surface area contributed by atoms with E-state index < -0.39 is 0 Å². The van der Waals surface area contributed by atoms with E-state index in [-0.39, 0.29) is 6.41 Å². The monoisotopic (exact) mass is 262 g/mol. The minimum Gasteiger partial charge on any atom is -0.372 e. The largest absolute Gasteiger partial charge is 0.372 e. The Bertz CT molecular complexity index is 353. The average molecular weight is 262 g/mol. The maximum absolute atomic E-state index is 8.58. The molecule has 1 aliphatic rings. The van der Waals surface area contributed by atoms with E-state index in [2.05, 4.69) is 54.9 Å². The molecular weight excluding hydrogens is 236 g/mol. The van der Waals surface area contributed by atoms with E-state index in [4.69, 9.17) is 4.79 Å². The molecule has 1 fully saturated rings. The summed E-state index contributed by atoms with van der Waals surface area (Å²) in [7, 11) is 2.25. The Morgan fingerprint density at radius 1 is 1.37 bits per heavy atom. The van der Waals surface area contributed by atoms with Crippen LogP contribution in [0.15, 0.2) is 30.3 Å². The highest BCUT2D eigenvalue weighted by Crippen LogP contribution is 2.25. The van der Waals surface area contributed by atoms with Gasteiger partial charge in [-0.05, 0) is 57.7 Å². The molecule has 0 saturated carbocycles. The summed E-state index contributed by atoms with van der Waals surface area (Å²) in [5.41, 5.74) is 5.66. The highest BCUT2D eigenvalue weighted by atomic mass is 16.1. The van der Waals surface area contributed by atoms with Crippen LogP contribution in [-0.2, 0) is 11.2 Å². The smallest absolute Gasteiger partial charge is 0.204 e. The van der Waals surface area contributed by atoms with Gasteiger partial charge < -0.3 is 10.6 Å². The number of carbonyl (C=O) groups excluding carboxylic acids is 1. The van der Waals surface area contributed by atoms with Gasteiger partial charge >= 0.3 is 0 Å². The predicted molar refractivity (Wildman–Crippen MR) is 79.8 cm³/mol. The van der Waals surface area contributed by atoms with Crippen LogP contribution in [0.4, 0.5) is 0 Å². The molecule has 2 N–H and O–H groups in total. The van der Waals surface area contributed by atoms with Crippen molar-refractivity contribution in [2.75, 3.05) is 13.6 Å².